The molecule has 0 heterocycles. The van der Waals surface area contributed by atoms with Gasteiger partial charge in [0.1, 0.15) is 0 Å². The van der Waals surface area contributed by atoms with Gasteiger partial charge in [-0.05, 0) is 50.4 Å². The topological polar surface area (TPSA) is 38.3 Å². The molecule has 0 aromatic heterocycles. The van der Waals surface area contributed by atoms with Crippen molar-refractivity contribution in [3.05, 3.63) is 0 Å². The second kappa shape index (κ2) is 10.9. The normalized spacial score (nSPS) is 28.1. The summed E-state index contributed by atoms with van der Waals surface area (Å²) in [4.78, 5) is 12.7. The lowest BCUT2D eigenvalue weighted by molar-refractivity contribution is -0.163. The van der Waals surface area contributed by atoms with Crippen molar-refractivity contribution in [2.24, 2.45) is 17.3 Å². The molecule has 0 spiro atoms. The third kappa shape index (κ3) is 8.22. The summed E-state index contributed by atoms with van der Waals surface area (Å²) < 4.78 is 43.8. The number of fused-ring (bicyclic) bond motifs is 2. The second-order valence-electron chi connectivity index (χ2n) is 8.49. The molecule has 0 radical (unpaired) electrons. The van der Waals surface area contributed by atoms with E-state index in [-0.39, 0.29) is 23.3 Å². The summed E-state index contributed by atoms with van der Waals surface area (Å²) in [5, 5.41) is 0. The van der Waals surface area contributed by atoms with E-state index in [4.69, 9.17) is 4.74 Å². The van der Waals surface area contributed by atoms with Gasteiger partial charge in [-0.2, -0.15) is 13.2 Å². The fourth-order valence-corrected chi connectivity index (χ4v) is 5.33. The van der Waals surface area contributed by atoms with Crippen LogP contribution in [0.3, 0.4) is 0 Å². The SMILES string of the molecule is CC1CC2CCCC(C(=O)OCCCCCCCCNSC(F)(F)F)(C1)C2. The first-order valence-corrected chi connectivity index (χ1v) is 11.3. The van der Waals surface area contributed by atoms with Crippen molar-refractivity contribution in [3.63, 3.8) is 0 Å². The molecule has 3 nitrogen and oxygen atoms in total. The van der Waals surface area contributed by atoms with Gasteiger partial charge in [0, 0.05) is 18.5 Å². The van der Waals surface area contributed by atoms with Crippen LogP contribution >= 0.6 is 11.9 Å². The highest BCUT2D eigenvalue weighted by atomic mass is 32.2. The maximum atomic E-state index is 12.7. The standard InChI is InChI=1S/C20H34F3NO2S/c1-16-13-17-9-8-10-19(14-16,15-17)18(25)26-12-7-5-3-2-4-6-11-24-27-20(21,22)23/h16-17,24H,2-15H2,1H3. The highest BCUT2D eigenvalue weighted by Gasteiger charge is 2.48. The molecule has 158 valence electrons. The maximum Gasteiger partial charge on any atom is 0.456 e. The fraction of sp³-hybridized carbons (Fsp3) is 0.950. The molecule has 2 bridgehead atoms. The first-order valence-electron chi connectivity index (χ1n) is 10.5. The minimum absolute atomic E-state index is 0.0342. The van der Waals surface area contributed by atoms with Crippen LogP contribution in [0.15, 0.2) is 0 Å². The average molecular weight is 410 g/mol. The molecule has 0 saturated heterocycles. The van der Waals surface area contributed by atoms with E-state index in [1.54, 1.807) is 0 Å². The van der Waals surface area contributed by atoms with E-state index in [0.717, 1.165) is 64.2 Å². The molecule has 2 aliphatic rings. The summed E-state index contributed by atoms with van der Waals surface area (Å²) in [5.41, 5.74) is -4.41. The fourth-order valence-electron chi connectivity index (χ4n) is 4.92. The zero-order valence-corrected chi connectivity index (χ0v) is 17.2. The lowest BCUT2D eigenvalue weighted by atomic mass is 9.59. The molecule has 2 aliphatic carbocycles. The third-order valence-corrected chi connectivity index (χ3v) is 6.53. The Labute approximate surface area is 165 Å². The predicted molar refractivity (Wildman–Crippen MR) is 103 cm³/mol. The Hall–Kier alpha value is -0.430. The van der Waals surface area contributed by atoms with Gasteiger partial charge in [-0.15, -0.1) is 0 Å². The Balaban J connectivity index is 1.48. The van der Waals surface area contributed by atoms with E-state index in [9.17, 15) is 18.0 Å². The zero-order chi connectivity index (χ0) is 19.8. The van der Waals surface area contributed by atoms with Gasteiger partial charge in [-0.1, -0.05) is 45.4 Å². The van der Waals surface area contributed by atoms with Crippen molar-refractivity contribution in [2.45, 2.75) is 89.5 Å². The molecule has 2 rings (SSSR count). The number of ether oxygens (including phenoxy) is 1. The van der Waals surface area contributed by atoms with Crippen molar-refractivity contribution >= 4 is 17.9 Å². The van der Waals surface area contributed by atoms with Gasteiger partial charge in [0.05, 0.1) is 12.0 Å². The van der Waals surface area contributed by atoms with Crippen LogP contribution in [0.1, 0.15) is 84.0 Å². The largest absolute Gasteiger partial charge is 0.465 e. The number of rotatable bonds is 11. The maximum absolute atomic E-state index is 12.7. The molecular weight excluding hydrogens is 375 g/mol. The van der Waals surface area contributed by atoms with Gasteiger partial charge in [-0.25, -0.2) is 0 Å². The van der Waals surface area contributed by atoms with Crippen LogP contribution in [0.5, 0.6) is 0 Å². The number of carbonyl (C=O) groups is 1. The Morgan fingerprint density at radius 1 is 1.15 bits per heavy atom. The van der Waals surface area contributed by atoms with Crippen molar-refractivity contribution in [1.29, 1.82) is 0 Å². The molecule has 0 amide bonds. The summed E-state index contributed by atoms with van der Waals surface area (Å²) in [5.74, 6) is 1.37. The predicted octanol–water partition coefficient (Wildman–Crippen LogP) is 6.23. The summed E-state index contributed by atoms with van der Waals surface area (Å²) >= 11 is -0.170. The highest BCUT2D eigenvalue weighted by Crippen LogP contribution is 2.51. The summed E-state index contributed by atoms with van der Waals surface area (Å²) in [6.07, 6.45) is 12.3. The number of hydrogen-bond donors (Lipinski definition) is 1. The smallest absolute Gasteiger partial charge is 0.456 e. The molecule has 3 unspecified atom stereocenters. The lowest BCUT2D eigenvalue weighted by Gasteiger charge is -2.45. The highest BCUT2D eigenvalue weighted by molar-refractivity contribution is 7.98. The number of unbranched alkanes of at least 4 members (excludes halogenated alkanes) is 5. The van der Waals surface area contributed by atoms with Gasteiger partial charge >= 0.3 is 11.5 Å². The van der Waals surface area contributed by atoms with E-state index >= 15 is 0 Å². The van der Waals surface area contributed by atoms with Crippen LogP contribution in [0.25, 0.3) is 0 Å². The van der Waals surface area contributed by atoms with Gasteiger partial charge in [-0.3, -0.25) is 9.52 Å². The van der Waals surface area contributed by atoms with Crippen LogP contribution in [0.4, 0.5) is 13.2 Å². The Morgan fingerprint density at radius 2 is 1.85 bits per heavy atom. The summed E-state index contributed by atoms with van der Waals surface area (Å²) in [7, 11) is 0. The van der Waals surface area contributed by atoms with Crippen molar-refractivity contribution in [2.75, 3.05) is 13.2 Å². The van der Waals surface area contributed by atoms with Crippen molar-refractivity contribution in [3.8, 4) is 0 Å². The molecule has 0 aliphatic heterocycles. The van der Waals surface area contributed by atoms with Crippen LogP contribution in [-0.4, -0.2) is 24.6 Å². The van der Waals surface area contributed by atoms with E-state index in [2.05, 4.69) is 11.6 Å². The Bertz CT molecular complexity index is 457. The first kappa shape index (κ1) is 22.9. The van der Waals surface area contributed by atoms with E-state index in [0.29, 0.717) is 25.0 Å². The second-order valence-corrected chi connectivity index (χ2v) is 9.44. The molecular formula is C20H34F3NO2S. The van der Waals surface area contributed by atoms with Gasteiger partial charge in [0.25, 0.3) is 0 Å². The van der Waals surface area contributed by atoms with Crippen molar-refractivity contribution in [1.82, 2.24) is 4.72 Å². The first-order chi connectivity index (χ1) is 12.8. The minimum Gasteiger partial charge on any atom is -0.465 e. The Kier molecular flexibility index (Phi) is 9.26. The van der Waals surface area contributed by atoms with Gasteiger partial charge in [0.15, 0.2) is 0 Å². The van der Waals surface area contributed by atoms with E-state index in [1.807, 2.05) is 0 Å². The van der Waals surface area contributed by atoms with E-state index in [1.165, 1.54) is 12.8 Å². The number of nitrogens with one attached hydrogen (secondary N) is 1. The Morgan fingerprint density at radius 3 is 2.59 bits per heavy atom. The summed E-state index contributed by atoms with van der Waals surface area (Å²) in [6, 6.07) is 0. The number of esters is 1. The number of alkyl halides is 3. The third-order valence-electron chi connectivity index (χ3n) is 5.95. The van der Waals surface area contributed by atoms with E-state index < -0.39 is 5.51 Å². The monoisotopic (exact) mass is 409 g/mol. The molecule has 27 heavy (non-hydrogen) atoms. The van der Waals surface area contributed by atoms with Crippen LogP contribution in [0.2, 0.25) is 0 Å². The average Bonchev–Trinajstić information content (AvgIpc) is 2.58. The van der Waals surface area contributed by atoms with Crippen LogP contribution < -0.4 is 4.72 Å². The molecule has 3 atom stereocenters. The van der Waals surface area contributed by atoms with Crippen molar-refractivity contribution < 1.29 is 22.7 Å². The quantitative estimate of drug-likeness (QED) is 0.249. The molecule has 7 heteroatoms. The molecule has 2 saturated carbocycles. The molecule has 0 aromatic carbocycles. The lowest BCUT2D eigenvalue weighted by Crippen LogP contribution is -2.43. The number of hydrogen-bond acceptors (Lipinski definition) is 4. The molecule has 2 fully saturated rings. The number of halogens is 3. The minimum atomic E-state index is -4.20. The molecule has 0 aromatic rings. The number of carbonyl (C=O) groups excluding carboxylic acids is 1. The zero-order valence-electron chi connectivity index (χ0n) is 16.4. The van der Waals surface area contributed by atoms with Gasteiger partial charge in [0.2, 0.25) is 0 Å². The van der Waals surface area contributed by atoms with Gasteiger partial charge < -0.3 is 4.74 Å². The summed E-state index contributed by atoms with van der Waals surface area (Å²) in [6.45, 7) is 3.14. The van der Waals surface area contributed by atoms with Crippen LogP contribution in [0, 0.1) is 17.3 Å². The van der Waals surface area contributed by atoms with Crippen LogP contribution in [-0.2, 0) is 9.53 Å². The molecule has 1 N–H and O–H groups in total.